The molecule has 38 heavy (non-hydrogen) atoms. The number of hydrogen-bond acceptors (Lipinski definition) is 3. The van der Waals surface area contributed by atoms with E-state index in [4.69, 9.17) is 2.46 Å². The predicted molar refractivity (Wildman–Crippen MR) is 159 cm³/mol. The fourth-order valence-corrected chi connectivity index (χ4v) is 27.9. The molecule has 0 saturated heterocycles. The third kappa shape index (κ3) is 4.12. The summed E-state index contributed by atoms with van der Waals surface area (Å²) in [6, 6.07) is 43.6. The molecular weight excluding hydrogens is 598 g/mol. The molecule has 0 fully saturated rings. The Morgan fingerprint density at radius 3 is 1.08 bits per heavy atom. The molecule has 0 saturated carbocycles. The molecule has 0 aliphatic carbocycles. The van der Waals surface area contributed by atoms with Crippen molar-refractivity contribution in [2.24, 2.45) is 0 Å². The SMILES string of the molecule is Cc1cc(C)c(S(=O)(=O)[O][Sb]([c]2ccccc2)([c]2ccccc2)([c]2ccccc2)[c]2ccccc2)c(C)c1. The zero-order valence-electron chi connectivity index (χ0n) is 21.8. The molecule has 192 valence electrons. The van der Waals surface area contributed by atoms with Gasteiger partial charge in [-0.2, -0.15) is 0 Å². The van der Waals surface area contributed by atoms with Crippen molar-refractivity contribution < 1.29 is 10.9 Å². The Labute approximate surface area is 227 Å². The topological polar surface area (TPSA) is 43.4 Å². The van der Waals surface area contributed by atoms with Crippen LogP contribution in [0.25, 0.3) is 0 Å². The monoisotopic (exact) mass is 628 g/mol. The van der Waals surface area contributed by atoms with Crippen LogP contribution in [0, 0.1) is 20.8 Å². The Kier molecular flexibility index (Phi) is 7.09. The molecule has 5 aromatic carbocycles. The minimum atomic E-state index is -5.58. The van der Waals surface area contributed by atoms with E-state index < -0.39 is 27.9 Å². The second-order valence-corrected chi connectivity index (χ2v) is 24.2. The second-order valence-electron chi connectivity index (χ2n) is 9.63. The Hall–Kier alpha value is -3.17. The third-order valence-electron chi connectivity index (χ3n) is 7.10. The van der Waals surface area contributed by atoms with Crippen molar-refractivity contribution >= 4 is 42.0 Å². The van der Waals surface area contributed by atoms with Crippen LogP contribution in [0.5, 0.6) is 0 Å². The van der Waals surface area contributed by atoms with Gasteiger partial charge >= 0.3 is 229 Å². The fraction of sp³-hybridized carbons (Fsp3) is 0.0909. The van der Waals surface area contributed by atoms with Crippen LogP contribution in [0.2, 0.25) is 0 Å². The number of aryl methyl sites for hydroxylation is 3. The molecule has 5 heteroatoms. The minimum absolute atomic E-state index is 0.236. The third-order valence-corrected chi connectivity index (χ3v) is 27.6. The first-order valence-corrected chi connectivity index (χ1v) is 20.1. The molecule has 0 N–H and O–H groups in total. The molecule has 0 atom stereocenters. The average Bonchev–Trinajstić information content (AvgIpc) is 2.93. The maximum absolute atomic E-state index is 14.7. The van der Waals surface area contributed by atoms with Gasteiger partial charge in [-0.05, 0) is 0 Å². The van der Waals surface area contributed by atoms with Crippen LogP contribution < -0.4 is 14.0 Å². The van der Waals surface area contributed by atoms with Crippen LogP contribution in [0.1, 0.15) is 16.7 Å². The number of benzene rings is 5. The van der Waals surface area contributed by atoms with E-state index in [2.05, 4.69) is 0 Å². The molecule has 0 aliphatic heterocycles. The molecule has 5 rings (SSSR count). The van der Waals surface area contributed by atoms with Crippen LogP contribution in [0.3, 0.4) is 0 Å². The van der Waals surface area contributed by atoms with E-state index in [1.165, 1.54) is 0 Å². The Morgan fingerprint density at radius 1 is 0.500 bits per heavy atom. The molecule has 0 heterocycles. The zero-order valence-corrected chi connectivity index (χ0v) is 25.2. The Morgan fingerprint density at radius 2 is 0.789 bits per heavy atom. The first-order chi connectivity index (χ1) is 18.3. The summed E-state index contributed by atoms with van der Waals surface area (Å²) in [7, 11) is -4.26. The molecule has 0 aromatic heterocycles. The molecule has 0 spiro atoms. The van der Waals surface area contributed by atoms with E-state index in [9.17, 15) is 8.42 Å². The molecular formula is C33H31O3SSb. The molecule has 0 aliphatic rings. The maximum atomic E-state index is 14.7. The van der Waals surface area contributed by atoms with Crippen LogP contribution in [0.4, 0.5) is 0 Å². The van der Waals surface area contributed by atoms with E-state index in [1.54, 1.807) is 0 Å². The summed E-state index contributed by atoms with van der Waals surface area (Å²) in [5, 5.41) is 0. The first-order valence-electron chi connectivity index (χ1n) is 12.6. The molecule has 5 aromatic rings. The fourth-order valence-electron chi connectivity index (χ4n) is 5.71. The van der Waals surface area contributed by atoms with Crippen molar-refractivity contribution in [3.63, 3.8) is 0 Å². The van der Waals surface area contributed by atoms with Crippen molar-refractivity contribution in [1.82, 2.24) is 0 Å². The van der Waals surface area contributed by atoms with Crippen molar-refractivity contribution in [2.75, 3.05) is 0 Å². The Balaban J connectivity index is 2.03. The molecule has 0 unspecified atom stereocenters. The summed E-state index contributed by atoms with van der Waals surface area (Å²) in [6.07, 6.45) is 0. The molecule has 3 nitrogen and oxygen atoms in total. The summed E-state index contributed by atoms with van der Waals surface area (Å²) in [6.45, 7) is 5.66. The van der Waals surface area contributed by atoms with Gasteiger partial charge in [-0.1, -0.05) is 0 Å². The summed E-state index contributed by atoms with van der Waals surface area (Å²) < 4.78 is 40.1. The Bertz CT molecular complexity index is 1480. The van der Waals surface area contributed by atoms with Gasteiger partial charge in [0.05, 0.1) is 0 Å². The second kappa shape index (κ2) is 10.2. The van der Waals surface area contributed by atoms with E-state index in [0.717, 1.165) is 19.6 Å². The number of hydrogen-bond donors (Lipinski definition) is 0. The van der Waals surface area contributed by atoms with Crippen LogP contribution in [-0.2, 0) is 12.6 Å². The average molecular weight is 629 g/mol. The molecule has 0 bridgehead atoms. The van der Waals surface area contributed by atoms with Crippen LogP contribution in [0.15, 0.2) is 138 Å². The van der Waals surface area contributed by atoms with E-state index in [-0.39, 0.29) is 4.90 Å². The van der Waals surface area contributed by atoms with E-state index in [0.29, 0.717) is 11.1 Å². The number of rotatable bonds is 7. The van der Waals surface area contributed by atoms with E-state index in [1.807, 2.05) is 154 Å². The van der Waals surface area contributed by atoms with Gasteiger partial charge in [-0.15, -0.1) is 0 Å². The van der Waals surface area contributed by atoms with Crippen molar-refractivity contribution in [1.29, 1.82) is 0 Å². The summed E-state index contributed by atoms with van der Waals surface area (Å²) in [5.41, 5.74) is 2.37. The zero-order chi connectivity index (χ0) is 26.8. The van der Waals surface area contributed by atoms with Gasteiger partial charge in [0.25, 0.3) is 0 Å². The van der Waals surface area contributed by atoms with Gasteiger partial charge in [0.1, 0.15) is 0 Å². The normalized spacial score (nSPS) is 13.0. The standard InChI is InChI=1S/C9H12O3S.4C6H5.Sb/c1-6-4-7(2)9(8(3)5-6)13(10,11)12;4*1-2-4-6-5-3-1;/h4-5H,1-3H3,(H,10,11,12);4*1-5H;/q;;;;;+1/p-1. The van der Waals surface area contributed by atoms with E-state index >= 15 is 0 Å². The van der Waals surface area contributed by atoms with Gasteiger partial charge in [0, 0.05) is 0 Å². The first kappa shape index (κ1) is 26.4. The summed E-state index contributed by atoms with van der Waals surface area (Å²) in [4.78, 5) is 0.236. The van der Waals surface area contributed by atoms with Crippen molar-refractivity contribution in [2.45, 2.75) is 25.7 Å². The van der Waals surface area contributed by atoms with Gasteiger partial charge < -0.3 is 0 Å². The summed E-state index contributed by atoms with van der Waals surface area (Å²) in [5.74, 6) is 0. The van der Waals surface area contributed by atoms with Gasteiger partial charge in [0.2, 0.25) is 0 Å². The van der Waals surface area contributed by atoms with Gasteiger partial charge in [-0.3, -0.25) is 0 Å². The van der Waals surface area contributed by atoms with Gasteiger partial charge in [0.15, 0.2) is 0 Å². The summed E-state index contributed by atoms with van der Waals surface area (Å²) >= 11 is -5.58. The molecule has 0 radical (unpaired) electrons. The van der Waals surface area contributed by atoms with Gasteiger partial charge in [-0.25, -0.2) is 0 Å². The molecule has 0 amide bonds. The quantitative estimate of drug-likeness (QED) is 0.242. The van der Waals surface area contributed by atoms with Crippen molar-refractivity contribution in [3.05, 3.63) is 150 Å². The predicted octanol–water partition coefficient (Wildman–Crippen LogP) is 4.85. The van der Waals surface area contributed by atoms with Crippen LogP contribution in [-0.4, -0.2) is 26.2 Å². The van der Waals surface area contributed by atoms with Crippen LogP contribution >= 0.6 is 0 Å². The van der Waals surface area contributed by atoms with Crippen molar-refractivity contribution in [3.8, 4) is 0 Å².